The number of rotatable bonds is 2. The molecule has 1 fully saturated rings. The second-order valence-electron chi connectivity index (χ2n) is 5.48. The van der Waals surface area contributed by atoms with Gasteiger partial charge in [-0.15, -0.1) is 0 Å². The summed E-state index contributed by atoms with van der Waals surface area (Å²) in [7, 11) is 2.57. The Balaban J connectivity index is 2.17. The van der Waals surface area contributed by atoms with Crippen molar-refractivity contribution < 1.29 is 23.9 Å². The zero-order valence-corrected chi connectivity index (χ0v) is 11.9. The van der Waals surface area contributed by atoms with Gasteiger partial charge in [-0.1, -0.05) is 24.3 Å². The lowest BCUT2D eigenvalue weighted by Gasteiger charge is -2.45. The number of benzene rings is 1. The number of esters is 2. The maximum Gasteiger partial charge on any atom is 0.310 e. The van der Waals surface area contributed by atoms with Crippen LogP contribution in [0.3, 0.4) is 0 Å². The van der Waals surface area contributed by atoms with E-state index in [2.05, 4.69) is 0 Å². The van der Waals surface area contributed by atoms with Crippen LogP contribution in [-0.4, -0.2) is 31.9 Å². The number of hydrogen-bond acceptors (Lipinski definition) is 5. The van der Waals surface area contributed by atoms with Crippen LogP contribution in [0.25, 0.3) is 0 Å². The first-order valence-corrected chi connectivity index (χ1v) is 6.87. The molecule has 1 aromatic carbocycles. The van der Waals surface area contributed by atoms with Gasteiger partial charge in [0.25, 0.3) is 0 Å². The molecule has 0 N–H and O–H groups in total. The molecule has 0 unspecified atom stereocenters. The largest absolute Gasteiger partial charge is 0.469 e. The molecule has 5 heteroatoms. The van der Waals surface area contributed by atoms with E-state index in [0.717, 1.165) is 11.1 Å². The van der Waals surface area contributed by atoms with Crippen molar-refractivity contribution in [3.05, 3.63) is 35.4 Å². The summed E-state index contributed by atoms with van der Waals surface area (Å²) in [6, 6.07) is 7.50. The molecule has 0 heterocycles. The second kappa shape index (κ2) is 4.98. The smallest absolute Gasteiger partial charge is 0.310 e. The van der Waals surface area contributed by atoms with Crippen LogP contribution in [0.15, 0.2) is 24.3 Å². The standard InChI is InChI=1S/C16H16O5/c1-20-15(18)13-10-7-11(17)12(14(13)16(19)21-2)9-6-4-3-5-8(9)10/h3-6,10,12-14H,7H2,1-2H3/t10-,12+,13-,14+/m1/s1. The Labute approximate surface area is 122 Å². The summed E-state index contributed by atoms with van der Waals surface area (Å²) in [6.07, 6.45) is 0.273. The fourth-order valence-electron chi connectivity index (χ4n) is 3.80. The highest BCUT2D eigenvalue weighted by Crippen LogP contribution is 2.54. The first kappa shape index (κ1) is 13.8. The Hall–Kier alpha value is -2.17. The summed E-state index contributed by atoms with van der Waals surface area (Å²) >= 11 is 0. The summed E-state index contributed by atoms with van der Waals surface area (Å²) in [5.41, 5.74) is 1.81. The lowest BCUT2D eigenvalue weighted by Crippen LogP contribution is -2.50. The first-order valence-electron chi connectivity index (χ1n) is 6.87. The molecule has 4 rings (SSSR count). The highest BCUT2D eigenvalue weighted by molar-refractivity contribution is 5.99. The number of Topliss-reactive ketones (excluding diaryl/α,β-unsaturated/α-hetero) is 1. The predicted molar refractivity (Wildman–Crippen MR) is 72.6 cm³/mol. The zero-order valence-electron chi connectivity index (χ0n) is 11.9. The van der Waals surface area contributed by atoms with Gasteiger partial charge in [-0.3, -0.25) is 14.4 Å². The fourth-order valence-corrected chi connectivity index (χ4v) is 3.80. The predicted octanol–water partition coefficient (Wildman–Crippen LogP) is 1.42. The summed E-state index contributed by atoms with van der Waals surface area (Å²) < 4.78 is 9.69. The van der Waals surface area contributed by atoms with Crippen LogP contribution < -0.4 is 0 Å². The minimum Gasteiger partial charge on any atom is -0.469 e. The zero-order chi connectivity index (χ0) is 15.1. The molecule has 110 valence electrons. The molecule has 3 aliphatic carbocycles. The third kappa shape index (κ3) is 1.87. The van der Waals surface area contributed by atoms with Crippen molar-refractivity contribution in [2.24, 2.45) is 11.8 Å². The van der Waals surface area contributed by atoms with E-state index >= 15 is 0 Å². The van der Waals surface area contributed by atoms with E-state index < -0.39 is 29.7 Å². The van der Waals surface area contributed by atoms with Gasteiger partial charge in [0.2, 0.25) is 0 Å². The quantitative estimate of drug-likeness (QED) is 0.770. The van der Waals surface area contributed by atoms with E-state index in [1.165, 1.54) is 14.2 Å². The van der Waals surface area contributed by atoms with Gasteiger partial charge in [0.05, 0.1) is 32.0 Å². The topological polar surface area (TPSA) is 69.7 Å². The van der Waals surface area contributed by atoms with Crippen molar-refractivity contribution in [1.82, 2.24) is 0 Å². The monoisotopic (exact) mass is 288 g/mol. The third-order valence-electron chi connectivity index (χ3n) is 4.62. The van der Waals surface area contributed by atoms with Gasteiger partial charge in [-0.2, -0.15) is 0 Å². The molecule has 0 radical (unpaired) electrons. The molecule has 1 aromatic rings. The molecule has 0 aromatic heterocycles. The average molecular weight is 288 g/mol. The van der Waals surface area contributed by atoms with Crippen LogP contribution in [0.1, 0.15) is 29.4 Å². The molecule has 2 bridgehead atoms. The van der Waals surface area contributed by atoms with Crippen molar-refractivity contribution in [3.8, 4) is 0 Å². The van der Waals surface area contributed by atoms with Crippen LogP contribution in [-0.2, 0) is 23.9 Å². The number of ketones is 1. The van der Waals surface area contributed by atoms with Crippen molar-refractivity contribution in [3.63, 3.8) is 0 Å². The lowest BCUT2D eigenvalue weighted by molar-refractivity contribution is -0.164. The van der Waals surface area contributed by atoms with E-state index in [9.17, 15) is 14.4 Å². The summed E-state index contributed by atoms with van der Waals surface area (Å²) in [5, 5.41) is 0. The summed E-state index contributed by atoms with van der Waals surface area (Å²) in [4.78, 5) is 36.7. The van der Waals surface area contributed by atoms with Crippen LogP contribution in [0.4, 0.5) is 0 Å². The Morgan fingerprint density at radius 2 is 1.57 bits per heavy atom. The van der Waals surface area contributed by atoms with Crippen molar-refractivity contribution >= 4 is 17.7 Å². The van der Waals surface area contributed by atoms with E-state index in [1.54, 1.807) is 0 Å². The highest BCUT2D eigenvalue weighted by atomic mass is 16.5. The van der Waals surface area contributed by atoms with Gasteiger partial charge in [0.1, 0.15) is 5.78 Å². The van der Waals surface area contributed by atoms with Gasteiger partial charge < -0.3 is 9.47 Å². The van der Waals surface area contributed by atoms with Crippen LogP contribution in [0, 0.1) is 11.8 Å². The van der Waals surface area contributed by atoms with Crippen molar-refractivity contribution in [1.29, 1.82) is 0 Å². The molecule has 3 aliphatic rings. The highest BCUT2D eigenvalue weighted by Gasteiger charge is 2.57. The number of methoxy groups -OCH3 is 2. The Bertz CT molecular complexity index is 621. The van der Waals surface area contributed by atoms with Crippen molar-refractivity contribution in [2.75, 3.05) is 14.2 Å². The maximum absolute atomic E-state index is 12.3. The summed E-state index contributed by atoms with van der Waals surface area (Å²) in [6.45, 7) is 0. The fraction of sp³-hybridized carbons (Fsp3) is 0.438. The molecule has 0 aliphatic heterocycles. The van der Waals surface area contributed by atoms with E-state index in [0.29, 0.717) is 0 Å². The molecule has 0 amide bonds. The van der Waals surface area contributed by atoms with Crippen LogP contribution in [0.5, 0.6) is 0 Å². The van der Waals surface area contributed by atoms with Crippen molar-refractivity contribution in [2.45, 2.75) is 18.3 Å². The van der Waals surface area contributed by atoms with Crippen LogP contribution in [0.2, 0.25) is 0 Å². The maximum atomic E-state index is 12.3. The lowest BCUT2D eigenvalue weighted by atomic mass is 9.55. The Morgan fingerprint density at radius 3 is 2.19 bits per heavy atom. The second-order valence-corrected chi connectivity index (χ2v) is 5.48. The molecule has 0 spiro atoms. The van der Waals surface area contributed by atoms with E-state index in [-0.39, 0.29) is 18.1 Å². The molecule has 21 heavy (non-hydrogen) atoms. The number of ether oxygens (including phenoxy) is 2. The molecule has 5 nitrogen and oxygen atoms in total. The SMILES string of the molecule is COC(=O)[C@@H]1[C@H](C(=O)OC)[C@@H]2CC(=O)[C@@H]1c1ccccc12. The van der Waals surface area contributed by atoms with Crippen LogP contribution >= 0.6 is 0 Å². The Kier molecular flexibility index (Phi) is 3.27. The summed E-state index contributed by atoms with van der Waals surface area (Å²) in [5.74, 6) is -3.35. The first-order chi connectivity index (χ1) is 10.1. The molecule has 4 atom stereocenters. The van der Waals surface area contributed by atoms with E-state index in [1.807, 2.05) is 24.3 Å². The number of carbonyl (C=O) groups is 3. The number of hydrogen-bond donors (Lipinski definition) is 0. The van der Waals surface area contributed by atoms with Gasteiger partial charge in [-0.05, 0) is 11.1 Å². The van der Waals surface area contributed by atoms with Gasteiger partial charge >= 0.3 is 11.9 Å². The van der Waals surface area contributed by atoms with Gasteiger partial charge in [0.15, 0.2) is 0 Å². The Morgan fingerprint density at radius 1 is 1.00 bits per heavy atom. The van der Waals surface area contributed by atoms with Gasteiger partial charge in [-0.25, -0.2) is 0 Å². The average Bonchev–Trinajstić information content (AvgIpc) is 2.52. The molecule has 0 saturated heterocycles. The molecular formula is C16H16O5. The third-order valence-corrected chi connectivity index (χ3v) is 4.62. The molecule has 1 saturated carbocycles. The normalized spacial score (nSPS) is 29.7. The van der Waals surface area contributed by atoms with E-state index in [4.69, 9.17) is 9.47 Å². The van der Waals surface area contributed by atoms with Gasteiger partial charge in [0, 0.05) is 12.3 Å². The number of fused-ring (bicyclic) bond motifs is 2. The minimum atomic E-state index is -0.788. The molecular weight excluding hydrogens is 272 g/mol. The minimum absolute atomic E-state index is 0.00532. The number of carbonyl (C=O) groups excluding carboxylic acids is 3.